The molecule has 2 aliphatic heterocycles. The minimum Gasteiger partial charge on any atom is -0.467 e. The molecule has 0 aliphatic carbocycles. The van der Waals surface area contributed by atoms with Gasteiger partial charge in [0, 0.05) is 12.5 Å². The molecule has 0 spiro atoms. The van der Waals surface area contributed by atoms with E-state index in [9.17, 15) is 9.59 Å². The van der Waals surface area contributed by atoms with Crippen LogP contribution in [0.2, 0.25) is 0 Å². The zero-order chi connectivity index (χ0) is 24.8. The number of nitrogens with one attached hydrogen (secondary N) is 1. The van der Waals surface area contributed by atoms with Crippen LogP contribution in [0, 0.1) is 0 Å². The molecule has 0 aromatic heterocycles. The maximum atomic E-state index is 12.2. The van der Waals surface area contributed by atoms with Crippen molar-refractivity contribution in [3.63, 3.8) is 0 Å². The first-order valence-corrected chi connectivity index (χ1v) is 11.6. The molecular weight excluding hydrogens is 454 g/mol. The first-order chi connectivity index (χ1) is 17.0. The molecule has 2 heterocycles. The third-order valence-corrected chi connectivity index (χ3v) is 5.93. The van der Waals surface area contributed by atoms with Gasteiger partial charge in [0.2, 0.25) is 5.91 Å². The number of carbonyl (C=O) groups excluding carboxylic acids is 2. The van der Waals surface area contributed by atoms with Gasteiger partial charge in [0.25, 0.3) is 0 Å². The fourth-order valence-corrected chi connectivity index (χ4v) is 4.25. The van der Waals surface area contributed by atoms with Gasteiger partial charge in [-0.1, -0.05) is 60.7 Å². The van der Waals surface area contributed by atoms with Gasteiger partial charge in [-0.2, -0.15) is 0 Å². The normalized spacial score (nSPS) is 29.0. The molecule has 2 saturated heterocycles. The van der Waals surface area contributed by atoms with Crippen molar-refractivity contribution in [2.24, 2.45) is 0 Å². The van der Waals surface area contributed by atoms with Crippen LogP contribution in [0.1, 0.15) is 31.3 Å². The second-order valence-electron chi connectivity index (χ2n) is 8.51. The van der Waals surface area contributed by atoms with E-state index < -0.39 is 49.0 Å². The minimum absolute atomic E-state index is 0.217. The summed E-state index contributed by atoms with van der Waals surface area (Å²) in [6, 6.07) is 18.4. The van der Waals surface area contributed by atoms with Crippen molar-refractivity contribution in [2.45, 2.75) is 63.5 Å². The van der Waals surface area contributed by atoms with Crippen LogP contribution < -0.4 is 5.32 Å². The standard InChI is InChI=1S/C26H31NO8/c1-16(24(29)30-3)33-23-21(27-17(2)28)26(31-14-18-10-6-4-7-11-18)34-20-15-32-25(35-22(20)23)19-12-8-5-9-13-19/h4-13,16,20-23,25-26H,14-15H2,1-3H3,(H,27,28)/t16-,20?,21+,22-,23-,25?,26+/m1/s1. The number of rotatable bonds is 8. The molecular formula is C26H31NO8. The molecule has 4 rings (SSSR count). The molecule has 188 valence electrons. The predicted molar refractivity (Wildman–Crippen MR) is 124 cm³/mol. The summed E-state index contributed by atoms with van der Waals surface area (Å²) in [6.07, 6.45) is -4.39. The number of methoxy groups -OCH3 is 1. The van der Waals surface area contributed by atoms with Crippen LogP contribution in [0.5, 0.6) is 0 Å². The summed E-state index contributed by atoms with van der Waals surface area (Å²) in [4.78, 5) is 24.4. The molecule has 0 saturated carbocycles. The molecule has 0 bridgehead atoms. The van der Waals surface area contributed by atoms with Gasteiger partial charge in [-0.15, -0.1) is 0 Å². The molecule has 0 radical (unpaired) electrons. The Labute approximate surface area is 204 Å². The Morgan fingerprint density at radius 1 is 1.06 bits per heavy atom. The molecule has 2 aromatic rings. The summed E-state index contributed by atoms with van der Waals surface area (Å²) in [5, 5.41) is 2.88. The van der Waals surface area contributed by atoms with Crippen molar-refractivity contribution in [1.82, 2.24) is 5.32 Å². The third-order valence-electron chi connectivity index (χ3n) is 5.93. The van der Waals surface area contributed by atoms with Crippen molar-refractivity contribution in [3.05, 3.63) is 71.8 Å². The zero-order valence-electron chi connectivity index (χ0n) is 20.0. The lowest BCUT2D eigenvalue weighted by molar-refractivity contribution is -0.352. The molecule has 1 amide bonds. The quantitative estimate of drug-likeness (QED) is 0.569. The van der Waals surface area contributed by atoms with Crippen molar-refractivity contribution >= 4 is 11.9 Å². The number of amides is 1. The Morgan fingerprint density at radius 2 is 1.74 bits per heavy atom. The highest BCUT2D eigenvalue weighted by molar-refractivity contribution is 5.74. The third kappa shape index (κ3) is 6.25. The summed E-state index contributed by atoms with van der Waals surface area (Å²) >= 11 is 0. The summed E-state index contributed by atoms with van der Waals surface area (Å²) in [6.45, 7) is 3.47. The largest absolute Gasteiger partial charge is 0.467 e. The molecule has 35 heavy (non-hydrogen) atoms. The van der Waals surface area contributed by atoms with Crippen LogP contribution in [0.3, 0.4) is 0 Å². The Kier molecular flexibility index (Phi) is 8.48. The Morgan fingerprint density at radius 3 is 2.40 bits per heavy atom. The summed E-state index contributed by atoms with van der Waals surface area (Å²) in [7, 11) is 1.29. The minimum atomic E-state index is -0.906. The number of esters is 1. The molecule has 2 aromatic carbocycles. The maximum absolute atomic E-state index is 12.2. The lowest BCUT2D eigenvalue weighted by Crippen LogP contribution is -2.68. The van der Waals surface area contributed by atoms with Gasteiger partial charge in [-0.3, -0.25) is 4.79 Å². The van der Waals surface area contributed by atoms with E-state index in [-0.39, 0.29) is 19.1 Å². The van der Waals surface area contributed by atoms with Gasteiger partial charge in [0.1, 0.15) is 24.4 Å². The van der Waals surface area contributed by atoms with Crippen LogP contribution in [-0.4, -0.2) is 62.3 Å². The van der Waals surface area contributed by atoms with Crippen LogP contribution in [0.25, 0.3) is 0 Å². The summed E-state index contributed by atoms with van der Waals surface area (Å²) < 4.78 is 35.6. The predicted octanol–water partition coefficient (Wildman–Crippen LogP) is 2.49. The Bertz CT molecular complexity index is 972. The summed E-state index contributed by atoms with van der Waals surface area (Å²) in [5.41, 5.74) is 1.78. The maximum Gasteiger partial charge on any atom is 0.334 e. The van der Waals surface area contributed by atoms with E-state index in [4.69, 9.17) is 28.4 Å². The first kappa shape index (κ1) is 25.3. The first-order valence-electron chi connectivity index (χ1n) is 11.6. The average Bonchev–Trinajstić information content (AvgIpc) is 2.89. The van der Waals surface area contributed by atoms with Crippen molar-refractivity contribution in [3.8, 4) is 0 Å². The summed E-state index contributed by atoms with van der Waals surface area (Å²) in [5.74, 6) is -0.834. The molecule has 7 atom stereocenters. The lowest BCUT2D eigenvalue weighted by atomic mass is 9.95. The highest BCUT2D eigenvalue weighted by Crippen LogP contribution is 2.36. The second kappa shape index (κ2) is 11.7. The molecule has 2 unspecified atom stereocenters. The topological polar surface area (TPSA) is 102 Å². The molecule has 9 nitrogen and oxygen atoms in total. The fraction of sp³-hybridized carbons (Fsp3) is 0.462. The highest BCUT2D eigenvalue weighted by atomic mass is 16.8. The highest BCUT2D eigenvalue weighted by Gasteiger charge is 2.52. The van der Waals surface area contributed by atoms with Gasteiger partial charge in [0.05, 0.1) is 20.3 Å². The van der Waals surface area contributed by atoms with Crippen LogP contribution in [0.4, 0.5) is 0 Å². The number of hydrogen-bond donors (Lipinski definition) is 1. The SMILES string of the molecule is COC(=O)[C@@H](C)O[C@@H]1[C@H](NC(C)=O)[C@@H](OCc2ccccc2)OC2COC(c3ccccc3)O[C@H]21. The number of ether oxygens (including phenoxy) is 6. The Hall–Kier alpha value is -2.82. The zero-order valence-corrected chi connectivity index (χ0v) is 20.0. The smallest absolute Gasteiger partial charge is 0.334 e. The van der Waals surface area contributed by atoms with Crippen LogP contribution in [-0.2, 0) is 44.6 Å². The Balaban J connectivity index is 1.60. The number of benzene rings is 2. The fourth-order valence-electron chi connectivity index (χ4n) is 4.25. The average molecular weight is 486 g/mol. The van der Waals surface area contributed by atoms with Gasteiger partial charge >= 0.3 is 5.97 Å². The molecule has 9 heteroatoms. The van der Waals surface area contributed by atoms with Crippen molar-refractivity contribution in [1.29, 1.82) is 0 Å². The number of hydrogen-bond acceptors (Lipinski definition) is 8. The van der Waals surface area contributed by atoms with Crippen molar-refractivity contribution in [2.75, 3.05) is 13.7 Å². The van der Waals surface area contributed by atoms with Gasteiger partial charge in [-0.25, -0.2) is 4.79 Å². The van der Waals surface area contributed by atoms with E-state index >= 15 is 0 Å². The van der Waals surface area contributed by atoms with Gasteiger partial charge in [0.15, 0.2) is 18.7 Å². The number of carbonyl (C=O) groups is 2. The van der Waals surface area contributed by atoms with Crippen molar-refractivity contribution < 1.29 is 38.0 Å². The van der Waals surface area contributed by atoms with E-state index in [1.807, 2.05) is 60.7 Å². The van der Waals surface area contributed by atoms with Crippen LogP contribution >= 0.6 is 0 Å². The number of fused-ring (bicyclic) bond motifs is 1. The molecule has 1 N–H and O–H groups in total. The van der Waals surface area contributed by atoms with Gasteiger partial charge in [-0.05, 0) is 12.5 Å². The molecule has 2 aliphatic rings. The monoisotopic (exact) mass is 485 g/mol. The van der Waals surface area contributed by atoms with E-state index in [0.717, 1.165) is 11.1 Å². The van der Waals surface area contributed by atoms with E-state index in [1.54, 1.807) is 6.92 Å². The van der Waals surface area contributed by atoms with Gasteiger partial charge < -0.3 is 33.7 Å². The second-order valence-corrected chi connectivity index (χ2v) is 8.51. The molecule has 2 fully saturated rings. The van der Waals surface area contributed by atoms with Crippen LogP contribution in [0.15, 0.2) is 60.7 Å². The lowest BCUT2D eigenvalue weighted by Gasteiger charge is -2.49. The van der Waals surface area contributed by atoms with E-state index in [2.05, 4.69) is 5.32 Å². The van der Waals surface area contributed by atoms with E-state index in [1.165, 1.54) is 14.0 Å². The van der Waals surface area contributed by atoms with E-state index in [0.29, 0.717) is 0 Å².